The largest absolute Gasteiger partial charge is 0.382 e. The highest BCUT2D eigenvalue weighted by atomic mass is 127. The molecule has 0 aliphatic heterocycles. The smallest absolute Gasteiger partial charge is 0.153 e. The van der Waals surface area contributed by atoms with E-state index < -0.39 is 0 Å². The van der Waals surface area contributed by atoms with Crippen molar-refractivity contribution >= 4 is 28.4 Å². The van der Waals surface area contributed by atoms with Gasteiger partial charge in [-0.1, -0.05) is 48.5 Å². The minimum absolute atomic E-state index is 0.531. The van der Waals surface area contributed by atoms with Crippen molar-refractivity contribution < 1.29 is 0 Å². The highest BCUT2D eigenvalue weighted by Crippen LogP contribution is 2.37. The van der Waals surface area contributed by atoms with Crippen LogP contribution in [0.3, 0.4) is 0 Å². The fourth-order valence-electron chi connectivity index (χ4n) is 2.29. The second kappa shape index (κ2) is 5.28. The third kappa shape index (κ3) is 2.20. The van der Waals surface area contributed by atoms with Gasteiger partial charge in [0, 0.05) is 9.13 Å². The average molecular weight is 375 g/mol. The van der Waals surface area contributed by atoms with E-state index in [0.717, 1.165) is 22.4 Å². The molecule has 2 aromatic carbocycles. The van der Waals surface area contributed by atoms with Crippen molar-refractivity contribution in [3.63, 3.8) is 0 Å². The first-order valence-corrected chi connectivity index (χ1v) is 7.41. The van der Waals surface area contributed by atoms with E-state index in [-0.39, 0.29) is 0 Å². The maximum atomic E-state index is 6.05. The third-order valence-electron chi connectivity index (χ3n) is 3.32. The van der Waals surface area contributed by atoms with Gasteiger partial charge in [0.25, 0.3) is 0 Å². The molecule has 100 valence electrons. The molecule has 3 aromatic rings. The fourth-order valence-corrected chi connectivity index (χ4v) is 2.92. The Balaban J connectivity index is 2.24. The van der Waals surface area contributed by atoms with Crippen LogP contribution < -0.4 is 5.73 Å². The number of hydrogen-bond acceptors (Lipinski definition) is 2. The summed E-state index contributed by atoms with van der Waals surface area (Å²) in [5, 5.41) is 7.27. The van der Waals surface area contributed by atoms with E-state index in [1.54, 1.807) is 0 Å². The second-order valence-corrected chi connectivity index (χ2v) is 5.74. The number of nitrogen functional groups attached to an aromatic ring is 1. The molecule has 0 fully saturated rings. The molecule has 1 aromatic heterocycles. The quantitative estimate of drug-likeness (QED) is 0.659. The van der Waals surface area contributed by atoms with E-state index in [1.165, 1.54) is 9.13 Å². The first kappa shape index (κ1) is 13.2. The van der Waals surface area contributed by atoms with E-state index in [4.69, 9.17) is 5.73 Å². The SMILES string of the molecule is Cc1cccc(-c2[nH]nc(N)c2-c2ccccc2)c1I. The van der Waals surface area contributed by atoms with E-state index in [0.29, 0.717) is 5.82 Å². The van der Waals surface area contributed by atoms with Gasteiger partial charge in [-0.15, -0.1) is 0 Å². The normalized spacial score (nSPS) is 10.7. The Morgan fingerprint density at radius 1 is 1.05 bits per heavy atom. The molecule has 0 saturated carbocycles. The number of halogens is 1. The van der Waals surface area contributed by atoms with Gasteiger partial charge in [0.05, 0.1) is 11.3 Å². The summed E-state index contributed by atoms with van der Waals surface area (Å²) in [6.45, 7) is 2.10. The number of nitrogens with zero attached hydrogens (tertiary/aromatic N) is 1. The van der Waals surface area contributed by atoms with Crippen molar-refractivity contribution in [2.75, 3.05) is 5.73 Å². The number of nitrogens with two attached hydrogens (primary N) is 1. The van der Waals surface area contributed by atoms with Crippen LogP contribution in [0.4, 0.5) is 5.82 Å². The fraction of sp³-hybridized carbons (Fsp3) is 0.0625. The Bertz CT molecular complexity index is 748. The molecule has 3 nitrogen and oxygen atoms in total. The number of rotatable bonds is 2. The molecule has 3 rings (SSSR count). The summed E-state index contributed by atoms with van der Waals surface area (Å²) in [6.07, 6.45) is 0. The van der Waals surface area contributed by atoms with Gasteiger partial charge in [-0.25, -0.2) is 0 Å². The summed E-state index contributed by atoms with van der Waals surface area (Å²) in [7, 11) is 0. The predicted octanol–water partition coefficient (Wildman–Crippen LogP) is 4.24. The lowest BCUT2D eigenvalue weighted by Crippen LogP contribution is -1.91. The predicted molar refractivity (Wildman–Crippen MR) is 91.3 cm³/mol. The molecular weight excluding hydrogens is 361 g/mol. The van der Waals surface area contributed by atoms with Gasteiger partial charge >= 0.3 is 0 Å². The van der Waals surface area contributed by atoms with Gasteiger partial charge in [0.15, 0.2) is 5.82 Å². The maximum Gasteiger partial charge on any atom is 0.153 e. The molecule has 0 unspecified atom stereocenters. The molecule has 20 heavy (non-hydrogen) atoms. The van der Waals surface area contributed by atoms with Crippen molar-refractivity contribution in [3.8, 4) is 22.4 Å². The molecule has 0 saturated heterocycles. The number of H-pyrrole nitrogens is 1. The van der Waals surface area contributed by atoms with Crippen molar-refractivity contribution in [1.82, 2.24) is 10.2 Å². The molecule has 0 bridgehead atoms. The Hall–Kier alpha value is -1.82. The van der Waals surface area contributed by atoms with Crippen LogP contribution in [0, 0.1) is 10.5 Å². The monoisotopic (exact) mass is 375 g/mol. The Kier molecular flexibility index (Phi) is 3.48. The van der Waals surface area contributed by atoms with Crippen LogP contribution in [0.25, 0.3) is 22.4 Å². The number of benzene rings is 2. The minimum atomic E-state index is 0.531. The number of aromatic amines is 1. The van der Waals surface area contributed by atoms with E-state index in [1.807, 2.05) is 30.3 Å². The number of hydrogen-bond donors (Lipinski definition) is 2. The van der Waals surface area contributed by atoms with Crippen LogP contribution in [0.15, 0.2) is 48.5 Å². The number of nitrogens with one attached hydrogen (secondary N) is 1. The summed E-state index contributed by atoms with van der Waals surface area (Å²) in [4.78, 5) is 0. The first-order valence-electron chi connectivity index (χ1n) is 6.33. The summed E-state index contributed by atoms with van der Waals surface area (Å²) in [6, 6.07) is 16.4. The molecule has 0 amide bonds. The van der Waals surface area contributed by atoms with Crippen molar-refractivity contribution in [2.24, 2.45) is 0 Å². The van der Waals surface area contributed by atoms with Gasteiger partial charge in [-0.3, -0.25) is 5.10 Å². The van der Waals surface area contributed by atoms with E-state index in [9.17, 15) is 0 Å². The maximum absolute atomic E-state index is 6.05. The van der Waals surface area contributed by atoms with Crippen LogP contribution >= 0.6 is 22.6 Å². The number of anilines is 1. The molecule has 1 heterocycles. The first-order chi connectivity index (χ1) is 9.68. The Labute approximate surface area is 131 Å². The van der Waals surface area contributed by atoms with Crippen molar-refractivity contribution in [1.29, 1.82) is 0 Å². The van der Waals surface area contributed by atoms with Gasteiger partial charge in [-0.05, 0) is 40.6 Å². The van der Waals surface area contributed by atoms with Gasteiger partial charge in [0.1, 0.15) is 0 Å². The van der Waals surface area contributed by atoms with Crippen molar-refractivity contribution in [3.05, 3.63) is 57.7 Å². The van der Waals surface area contributed by atoms with Crippen LogP contribution in [0.5, 0.6) is 0 Å². The molecule has 0 radical (unpaired) electrons. The summed E-state index contributed by atoms with van der Waals surface area (Å²) < 4.78 is 1.21. The van der Waals surface area contributed by atoms with Gasteiger partial charge < -0.3 is 5.73 Å². The van der Waals surface area contributed by atoms with Gasteiger partial charge in [-0.2, -0.15) is 5.10 Å². The standard InChI is InChI=1S/C16H14IN3/c1-10-6-5-9-12(14(10)17)15-13(16(18)20-19-15)11-7-3-2-4-8-11/h2-9H,1H3,(H3,18,19,20). The molecule has 0 aliphatic carbocycles. The molecule has 0 aliphatic rings. The molecule has 4 heteroatoms. The van der Waals surface area contributed by atoms with Crippen molar-refractivity contribution in [2.45, 2.75) is 6.92 Å². The second-order valence-electron chi connectivity index (χ2n) is 4.66. The summed E-state index contributed by atoms with van der Waals surface area (Å²) >= 11 is 2.37. The van der Waals surface area contributed by atoms with E-state index in [2.05, 4.69) is 57.9 Å². The number of aromatic nitrogens is 2. The Morgan fingerprint density at radius 3 is 2.55 bits per heavy atom. The van der Waals surface area contributed by atoms with Crippen LogP contribution in [0.2, 0.25) is 0 Å². The zero-order chi connectivity index (χ0) is 14.1. The van der Waals surface area contributed by atoms with Crippen LogP contribution in [0.1, 0.15) is 5.56 Å². The third-order valence-corrected chi connectivity index (χ3v) is 4.75. The molecule has 0 atom stereocenters. The average Bonchev–Trinajstić information content (AvgIpc) is 2.84. The zero-order valence-electron chi connectivity index (χ0n) is 11.0. The Morgan fingerprint density at radius 2 is 1.80 bits per heavy atom. The van der Waals surface area contributed by atoms with Crippen LogP contribution in [-0.4, -0.2) is 10.2 Å². The minimum Gasteiger partial charge on any atom is -0.382 e. The van der Waals surface area contributed by atoms with E-state index >= 15 is 0 Å². The lowest BCUT2D eigenvalue weighted by Gasteiger charge is -2.08. The number of aryl methyl sites for hydroxylation is 1. The lowest BCUT2D eigenvalue weighted by molar-refractivity contribution is 1.10. The molecular formula is C16H14IN3. The lowest BCUT2D eigenvalue weighted by atomic mass is 10.00. The topological polar surface area (TPSA) is 54.7 Å². The summed E-state index contributed by atoms with van der Waals surface area (Å²) in [5.74, 6) is 0.531. The zero-order valence-corrected chi connectivity index (χ0v) is 13.2. The van der Waals surface area contributed by atoms with Crippen LogP contribution in [-0.2, 0) is 0 Å². The van der Waals surface area contributed by atoms with Gasteiger partial charge in [0.2, 0.25) is 0 Å². The summed E-state index contributed by atoms with van der Waals surface area (Å²) in [5.41, 5.74) is 11.4. The highest BCUT2D eigenvalue weighted by Gasteiger charge is 2.16. The highest BCUT2D eigenvalue weighted by molar-refractivity contribution is 14.1. The molecule has 0 spiro atoms. The molecule has 3 N–H and O–H groups in total.